The third-order valence-corrected chi connectivity index (χ3v) is 4.31. The molecule has 2 aliphatic carbocycles. The van der Waals surface area contributed by atoms with Gasteiger partial charge < -0.3 is 0 Å². The molecule has 0 amide bonds. The fourth-order valence-corrected chi connectivity index (χ4v) is 3.26. The fraction of sp³-hybridized carbons (Fsp3) is 0.688. The minimum atomic E-state index is 0.291. The quantitative estimate of drug-likeness (QED) is 0.659. The Balaban J connectivity index is 2.28. The molecule has 0 aliphatic heterocycles. The van der Waals surface area contributed by atoms with Crippen molar-refractivity contribution in [2.45, 2.75) is 52.9 Å². The normalized spacial score (nSPS) is 34.5. The van der Waals surface area contributed by atoms with Gasteiger partial charge in [-0.3, -0.25) is 4.79 Å². The molecule has 1 nitrogen and oxygen atoms in total. The van der Waals surface area contributed by atoms with E-state index >= 15 is 0 Å². The topological polar surface area (TPSA) is 17.1 Å². The van der Waals surface area contributed by atoms with E-state index in [1.54, 1.807) is 11.6 Å². The first-order valence-electron chi connectivity index (χ1n) is 7.00. The van der Waals surface area contributed by atoms with Crippen LogP contribution in [0.4, 0.5) is 0 Å². The van der Waals surface area contributed by atoms with Gasteiger partial charge in [0.1, 0.15) is 0 Å². The van der Waals surface area contributed by atoms with Crippen molar-refractivity contribution in [2.24, 2.45) is 17.8 Å². The first-order valence-corrected chi connectivity index (χ1v) is 7.00. The number of hydrogen-bond donors (Lipinski definition) is 0. The molecule has 2 rings (SSSR count). The molecule has 17 heavy (non-hydrogen) atoms. The Morgan fingerprint density at radius 1 is 1.18 bits per heavy atom. The summed E-state index contributed by atoms with van der Waals surface area (Å²) in [7, 11) is 0. The lowest BCUT2D eigenvalue weighted by Crippen LogP contribution is -2.22. The lowest BCUT2D eigenvalue weighted by molar-refractivity contribution is -0.114. The van der Waals surface area contributed by atoms with Crippen molar-refractivity contribution >= 4 is 5.78 Å². The Morgan fingerprint density at radius 2 is 1.94 bits per heavy atom. The van der Waals surface area contributed by atoms with Gasteiger partial charge in [-0.25, -0.2) is 0 Å². The highest BCUT2D eigenvalue weighted by Gasteiger charge is 2.27. The number of ketones is 1. The van der Waals surface area contributed by atoms with Gasteiger partial charge in [0, 0.05) is 6.42 Å². The Bertz CT molecular complexity index is 360. The summed E-state index contributed by atoms with van der Waals surface area (Å²) in [5.41, 5.74) is 3.12. The van der Waals surface area contributed by atoms with Gasteiger partial charge in [0.05, 0.1) is 0 Å². The lowest BCUT2D eigenvalue weighted by atomic mass is 9.71. The molecule has 1 heteroatoms. The summed E-state index contributed by atoms with van der Waals surface area (Å²) in [5.74, 6) is 2.59. The third kappa shape index (κ3) is 2.88. The molecule has 0 bridgehead atoms. The summed E-state index contributed by atoms with van der Waals surface area (Å²) in [4.78, 5) is 11.3. The second kappa shape index (κ2) is 5.20. The number of allylic oxidation sites excluding steroid dienone is 4. The van der Waals surface area contributed by atoms with Crippen LogP contribution in [0.2, 0.25) is 0 Å². The van der Waals surface area contributed by atoms with E-state index in [9.17, 15) is 4.79 Å². The van der Waals surface area contributed by atoms with Crippen LogP contribution in [0.3, 0.4) is 0 Å². The summed E-state index contributed by atoms with van der Waals surface area (Å²) in [5, 5.41) is 0. The molecule has 1 saturated carbocycles. The van der Waals surface area contributed by atoms with Gasteiger partial charge in [0.15, 0.2) is 5.78 Å². The van der Waals surface area contributed by atoms with Gasteiger partial charge in [0.25, 0.3) is 0 Å². The van der Waals surface area contributed by atoms with E-state index in [4.69, 9.17) is 0 Å². The molecule has 2 unspecified atom stereocenters. The zero-order chi connectivity index (χ0) is 12.4. The van der Waals surface area contributed by atoms with E-state index in [0.717, 1.165) is 24.2 Å². The standard InChI is InChI=1S/C16H24O/c1-11(2)15-9-4-12(3)10-16(15)13-5-7-14(17)8-6-13/h5,7,11-12,15H,4,6,8-10H2,1-3H3/b16-13+. The average Bonchev–Trinajstić information content (AvgIpc) is 2.29. The summed E-state index contributed by atoms with van der Waals surface area (Å²) >= 11 is 0. The predicted molar refractivity (Wildman–Crippen MR) is 71.8 cm³/mol. The van der Waals surface area contributed by atoms with Crippen LogP contribution in [-0.2, 0) is 4.79 Å². The minimum Gasteiger partial charge on any atom is -0.295 e. The van der Waals surface area contributed by atoms with Gasteiger partial charge in [-0.1, -0.05) is 32.4 Å². The van der Waals surface area contributed by atoms with Crippen molar-refractivity contribution in [1.29, 1.82) is 0 Å². The highest BCUT2D eigenvalue weighted by atomic mass is 16.1. The van der Waals surface area contributed by atoms with E-state index in [1.165, 1.54) is 24.8 Å². The molecule has 0 aromatic rings. The Labute approximate surface area is 105 Å². The third-order valence-electron chi connectivity index (χ3n) is 4.31. The van der Waals surface area contributed by atoms with Crippen molar-refractivity contribution in [3.63, 3.8) is 0 Å². The second-order valence-electron chi connectivity index (χ2n) is 6.09. The maximum Gasteiger partial charge on any atom is 0.156 e. The Hall–Kier alpha value is -0.850. The molecule has 0 aromatic carbocycles. The fourth-order valence-electron chi connectivity index (χ4n) is 3.26. The summed E-state index contributed by atoms with van der Waals surface area (Å²) in [6.45, 7) is 7.02. The van der Waals surface area contributed by atoms with Gasteiger partial charge >= 0.3 is 0 Å². The summed E-state index contributed by atoms with van der Waals surface area (Å²) < 4.78 is 0. The first kappa shape index (κ1) is 12.6. The summed E-state index contributed by atoms with van der Waals surface area (Å²) in [6.07, 6.45) is 9.50. The van der Waals surface area contributed by atoms with E-state index in [0.29, 0.717) is 12.2 Å². The molecule has 2 aliphatic rings. The molecule has 0 radical (unpaired) electrons. The Kier molecular flexibility index (Phi) is 3.86. The predicted octanol–water partition coefficient (Wildman–Crippen LogP) is 4.29. The number of hydrogen-bond acceptors (Lipinski definition) is 1. The lowest BCUT2D eigenvalue weighted by Gasteiger charge is -2.34. The van der Waals surface area contributed by atoms with Crippen LogP contribution in [0.25, 0.3) is 0 Å². The van der Waals surface area contributed by atoms with Crippen molar-refractivity contribution in [2.75, 3.05) is 0 Å². The van der Waals surface area contributed by atoms with Crippen molar-refractivity contribution < 1.29 is 4.79 Å². The molecule has 0 spiro atoms. The van der Waals surface area contributed by atoms with Crippen LogP contribution in [0.1, 0.15) is 52.9 Å². The molecule has 0 N–H and O–H groups in total. The maximum atomic E-state index is 11.3. The van der Waals surface area contributed by atoms with Gasteiger partial charge in [0.2, 0.25) is 0 Å². The molecule has 0 saturated heterocycles. The molecule has 2 atom stereocenters. The van der Waals surface area contributed by atoms with Crippen LogP contribution < -0.4 is 0 Å². The van der Waals surface area contributed by atoms with Gasteiger partial charge in [-0.15, -0.1) is 0 Å². The van der Waals surface area contributed by atoms with Crippen molar-refractivity contribution in [3.05, 3.63) is 23.3 Å². The second-order valence-corrected chi connectivity index (χ2v) is 6.09. The SMILES string of the molecule is CC1CCC(C(C)C)/C(=C2\C=CC(=O)CC2)C1. The number of carbonyl (C=O) groups is 1. The highest BCUT2D eigenvalue weighted by molar-refractivity contribution is 5.91. The van der Waals surface area contributed by atoms with E-state index in [2.05, 4.69) is 26.8 Å². The molecule has 0 aromatic heterocycles. The highest BCUT2D eigenvalue weighted by Crippen LogP contribution is 2.40. The zero-order valence-electron chi connectivity index (χ0n) is 11.3. The van der Waals surface area contributed by atoms with Crippen molar-refractivity contribution in [1.82, 2.24) is 0 Å². The van der Waals surface area contributed by atoms with Gasteiger partial charge in [-0.2, -0.15) is 0 Å². The summed E-state index contributed by atoms with van der Waals surface area (Å²) in [6, 6.07) is 0. The van der Waals surface area contributed by atoms with Crippen LogP contribution in [0.15, 0.2) is 23.3 Å². The molecule has 0 heterocycles. The van der Waals surface area contributed by atoms with Crippen LogP contribution in [0.5, 0.6) is 0 Å². The molecular weight excluding hydrogens is 208 g/mol. The van der Waals surface area contributed by atoms with Crippen LogP contribution in [-0.4, -0.2) is 5.78 Å². The van der Waals surface area contributed by atoms with Crippen LogP contribution in [0, 0.1) is 17.8 Å². The first-order chi connectivity index (χ1) is 8.08. The zero-order valence-corrected chi connectivity index (χ0v) is 11.3. The number of rotatable bonds is 1. The van der Waals surface area contributed by atoms with Crippen molar-refractivity contribution in [3.8, 4) is 0 Å². The molecular formula is C16H24O. The van der Waals surface area contributed by atoms with Gasteiger partial charge in [-0.05, 0) is 55.1 Å². The van der Waals surface area contributed by atoms with E-state index in [1.807, 2.05) is 0 Å². The average molecular weight is 232 g/mol. The Morgan fingerprint density at radius 3 is 2.53 bits per heavy atom. The largest absolute Gasteiger partial charge is 0.295 e. The number of carbonyl (C=O) groups excluding carboxylic acids is 1. The monoisotopic (exact) mass is 232 g/mol. The maximum absolute atomic E-state index is 11.3. The smallest absolute Gasteiger partial charge is 0.156 e. The van der Waals surface area contributed by atoms with E-state index < -0.39 is 0 Å². The molecule has 1 fully saturated rings. The van der Waals surface area contributed by atoms with E-state index in [-0.39, 0.29) is 0 Å². The molecule has 94 valence electrons. The van der Waals surface area contributed by atoms with Crippen LogP contribution >= 0.6 is 0 Å². The minimum absolute atomic E-state index is 0.291.